The summed E-state index contributed by atoms with van der Waals surface area (Å²) >= 11 is 18.2. The molecule has 0 unspecified atom stereocenters. The molecule has 0 amide bonds. The fourth-order valence-corrected chi connectivity index (χ4v) is 3.90. The van der Waals surface area contributed by atoms with Crippen LogP contribution in [0.2, 0.25) is 15.1 Å². The van der Waals surface area contributed by atoms with Gasteiger partial charge in [-0.15, -0.1) is 0 Å². The van der Waals surface area contributed by atoms with Crippen LogP contribution in [0.5, 0.6) is 0 Å². The highest BCUT2D eigenvalue weighted by Gasteiger charge is 2.34. The zero-order chi connectivity index (χ0) is 25.3. The molecule has 1 aromatic heterocycles. The molecule has 0 radical (unpaired) electrons. The number of ether oxygens (including phenoxy) is 1. The summed E-state index contributed by atoms with van der Waals surface area (Å²) in [7, 11) is 0. The average Bonchev–Trinajstić information content (AvgIpc) is 3.20. The molecule has 0 bridgehead atoms. The van der Waals surface area contributed by atoms with Crippen LogP contribution >= 0.6 is 34.8 Å². The Morgan fingerprint density at radius 1 is 0.657 bits per heavy atom. The number of furan rings is 1. The van der Waals surface area contributed by atoms with Gasteiger partial charge >= 0.3 is 5.97 Å². The Labute approximate surface area is 218 Å². The number of esters is 1. The van der Waals surface area contributed by atoms with Crippen LogP contribution in [0.1, 0.15) is 47.1 Å². The molecule has 4 nitrogen and oxygen atoms in total. The van der Waals surface area contributed by atoms with Crippen LogP contribution in [0.4, 0.5) is 0 Å². The van der Waals surface area contributed by atoms with Crippen LogP contribution in [-0.2, 0) is 4.74 Å². The molecule has 4 aromatic rings. The van der Waals surface area contributed by atoms with Crippen LogP contribution in [0.25, 0.3) is 22.6 Å². The van der Waals surface area contributed by atoms with E-state index in [1.165, 1.54) is 0 Å². The predicted molar refractivity (Wildman–Crippen MR) is 140 cm³/mol. The van der Waals surface area contributed by atoms with Crippen molar-refractivity contribution in [3.05, 3.63) is 105 Å². The number of carbonyl (C=O) groups is 2. The van der Waals surface area contributed by atoms with Crippen LogP contribution in [-0.4, -0.2) is 17.4 Å². The highest BCUT2D eigenvalue weighted by atomic mass is 35.5. The smallest absolute Gasteiger partial charge is 0.343 e. The topological polar surface area (TPSA) is 56.5 Å². The fraction of sp³-hybridized carbons (Fsp3) is 0.143. The molecular formula is C28H21Cl3O4. The first kappa shape index (κ1) is 25.1. The van der Waals surface area contributed by atoms with Crippen LogP contribution in [0.15, 0.2) is 77.2 Å². The second-order valence-corrected chi connectivity index (χ2v) is 10.2. The summed E-state index contributed by atoms with van der Waals surface area (Å²) in [5, 5.41) is 1.53. The third kappa shape index (κ3) is 5.62. The molecule has 3 aromatic carbocycles. The maximum absolute atomic E-state index is 13.9. The minimum Gasteiger partial charge on any atom is -0.456 e. The van der Waals surface area contributed by atoms with Crippen LogP contribution < -0.4 is 0 Å². The van der Waals surface area contributed by atoms with Gasteiger partial charge in [0.15, 0.2) is 5.78 Å². The van der Waals surface area contributed by atoms with Gasteiger partial charge in [-0.05, 0) is 93.6 Å². The Hall–Kier alpha value is -3.05. The molecule has 7 heteroatoms. The number of carbonyl (C=O) groups excluding carboxylic acids is 2. The number of rotatable bonds is 5. The number of ketones is 1. The van der Waals surface area contributed by atoms with Gasteiger partial charge in [0.25, 0.3) is 0 Å². The molecule has 178 valence electrons. The third-order valence-electron chi connectivity index (χ3n) is 5.06. The molecule has 0 atom stereocenters. The second-order valence-electron chi connectivity index (χ2n) is 8.86. The Morgan fingerprint density at radius 2 is 1.06 bits per heavy atom. The minimum atomic E-state index is -0.799. The molecule has 0 fully saturated rings. The van der Waals surface area contributed by atoms with E-state index in [9.17, 15) is 9.59 Å². The van der Waals surface area contributed by atoms with Gasteiger partial charge in [-0.25, -0.2) is 4.79 Å². The van der Waals surface area contributed by atoms with E-state index in [0.29, 0.717) is 31.8 Å². The van der Waals surface area contributed by atoms with Crippen molar-refractivity contribution in [2.75, 3.05) is 0 Å². The second kappa shape index (κ2) is 9.90. The molecule has 0 aliphatic heterocycles. The van der Waals surface area contributed by atoms with Gasteiger partial charge in [0.05, 0.1) is 5.56 Å². The molecule has 4 rings (SSSR count). The van der Waals surface area contributed by atoms with Crippen LogP contribution in [0.3, 0.4) is 0 Å². The third-order valence-corrected chi connectivity index (χ3v) is 5.81. The van der Waals surface area contributed by atoms with E-state index in [0.717, 1.165) is 0 Å². The van der Waals surface area contributed by atoms with E-state index < -0.39 is 17.4 Å². The van der Waals surface area contributed by atoms with Crippen molar-refractivity contribution < 1.29 is 18.7 Å². The lowest BCUT2D eigenvalue weighted by molar-refractivity contribution is 0.00685. The zero-order valence-electron chi connectivity index (χ0n) is 19.2. The molecule has 35 heavy (non-hydrogen) atoms. The molecule has 1 heterocycles. The summed E-state index contributed by atoms with van der Waals surface area (Å²) in [4.78, 5) is 27.4. The predicted octanol–water partition coefficient (Wildman–Crippen LogP) is 8.76. The SMILES string of the molecule is CC(C)(C)OC(=O)c1c(-c2ccc(Cl)cc2)oc(-c2ccc(Cl)cc2)c1C(=O)c1ccc(Cl)cc1. The molecule has 0 saturated carbocycles. The Kier molecular flexibility index (Phi) is 7.09. The van der Waals surface area contributed by atoms with Gasteiger partial charge in [0, 0.05) is 31.8 Å². The van der Waals surface area contributed by atoms with Crippen molar-refractivity contribution in [1.82, 2.24) is 0 Å². The highest BCUT2D eigenvalue weighted by molar-refractivity contribution is 6.31. The summed E-state index contributed by atoms with van der Waals surface area (Å²) in [5.74, 6) is -0.647. The maximum Gasteiger partial charge on any atom is 0.343 e. The molecule has 0 saturated heterocycles. The van der Waals surface area contributed by atoms with E-state index in [1.807, 2.05) is 0 Å². The lowest BCUT2D eigenvalue weighted by atomic mass is 9.94. The van der Waals surface area contributed by atoms with Crippen LogP contribution in [0, 0.1) is 0 Å². The summed E-state index contributed by atoms with van der Waals surface area (Å²) < 4.78 is 12.0. The van der Waals surface area contributed by atoms with Crippen molar-refractivity contribution >= 4 is 46.6 Å². The molecule has 0 aliphatic carbocycles. The minimum absolute atomic E-state index is 0.0344. The van der Waals surface area contributed by atoms with E-state index in [1.54, 1.807) is 93.6 Å². The van der Waals surface area contributed by atoms with Crippen molar-refractivity contribution in [3.63, 3.8) is 0 Å². The van der Waals surface area contributed by atoms with E-state index >= 15 is 0 Å². The summed E-state index contributed by atoms with van der Waals surface area (Å²) in [6, 6.07) is 20.1. The van der Waals surface area contributed by atoms with Gasteiger partial charge in [-0.3, -0.25) is 4.79 Å². The summed E-state index contributed by atoms with van der Waals surface area (Å²) in [5.41, 5.74) is 0.823. The molecule has 0 N–H and O–H groups in total. The Balaban J connectivity index is 2.03. The monoisotopic (exact) mass is 526 g/mol. The van der Waals surface area contributed by atoms with Gasteiger partial charge < -0.3 is 9.15 Å². The van der Waals surface area contributed by atoms with Crippen molar-refractivity contribution in [3.8, 4) is 22.6 Å². The number of hydrogen-bond acceptors (Lipinski definition) is 4. The summed E-state index contributed by atoms with van der Waals surface area (Å²) in [6.45, 7) is 5.27. The van der Waals surface area contributed by atoms with Crippen molar-refractivity contribution in [2.45, 2.75) is 26.4 Å². The molecule has 0 aliphatic rings. The molecular weight excluding hydrogens is 507 g/mol. The number of hydrogen-bond donors (Lipinski definition) is 0. The normalized spacial score (nSPS) is 11.4. The zero-order valence-corrected chi connectivity index (χ0v) is 21.5. The van der Waals surface area contributed by atoms with Crippen molar-refractivity contribution in [2.24, 2.45) is 0 Å². The first-order valence-corrected chi connectivity index (χ1v) is 11.9. The van der Waals surface area contributed by atoms with Gasteiger partial charge in [0.1, 0.15) is 22.7 Å². The lowest BCUT2D eigenvalue weighted by Gasteiger charge is -2.20. The fourth-order valence-electron chi connectivity index (χ4n) is 3.53. The maximum atomic E-state index is 13.9. The number of benzene rings is 3. The van der Waals surface area contributed by atoms with E-state index in [4.69, 9.17) is 44.0 Å². The standard InChI is InChI=1S/C28H21Cl3O4/c1-28(2,3)35-27(33)23-22(24(32)16-4-10-19(29)11-5-16)25(17-6-12-20(30)13-7-17)34-26(23)18-8-14-21(31)15-9-18/h4-15H,1-3H3. The van der Waals surface area contributed by atoms with Gasteiger partial charge in [-0.2, -0.15) is 0 Å². The largest absolute Gasteiger partial charge is 0.456 e. The van der Waals surface area contributed by atoms with Gasteiger partial charge in [0.2, 0.25) is 0 Å². The van der Waals surface area contributed by atoms with E-state index in [-0.39, 0.29) is 22.6 Å². The number of halogens is 3. The van der Waals surface area contributed by atoms with E-state index in [2.05, 4.69) is 0 Å². The summed E-state index contributed by atoms with van der Waals surface area (Å²) in [6.07, 6.45) is 0. The first-order chi connectivity index (χ1) is 16.5. The Morgan fingerprint density at radius 3 is 1.49 bits per heavy atom. The van der Waals surface area contributed by atoms with Gasteiger partial charge in [-0.1, -0.05) is 34.8 Å². The average molecular weight is 528 g/mol. The quantitative estimate of drug-likeness (QED) is 0.192. The highest BCUT2D eigenvalue weighted by Crippen LogP contribution is 2.40. The lowest BCUT2D eigenvalue weighted by Crippen LogP contribution is -2.25. The van der Waals surface area contributed by atoms with Crippen molar-refractivity contribution in [1.29, 1.82) is 0 Å². The first-order valence-electron chi connectivity index (χ1n) is 10.8. The Bertz CT molecular complexity index is 1380. The molecule has 0 spiro atoms.